The zero-order chi connectivity index (χ0) is 28.1. The molecule has 12 heteroatoms. The second-order valence-corrected chi connectivity index (χ2v) is 9.71. The van der Waals surface area contributed by atoms with Crippen LogP contribution >= 0.6 is 0 Å². The Morgan fingerprint density at radius 2 is 1.82 bits per heavy atom. The van der Waals surface area contributed by atoms with Gasteiger partial charge in [0.15, 0.2) is 17.3 Å². The highest BCUT2D eigenvalue weighted by Gasteiger charge is 2.31. The third-order valence-corrected chi connectivity index (χ3v) is 6.93. The fraction of sp³-hybridized carbons (Fsp3) is 0.500. The van der Waals surface area contributed by atoms with E-state index < -0.39 is 34.8 Å². The summed E-state index contributed by atoms with van der Waals surface area (Å²) >= 11 is 0. The van der Waals surface area contributed by atoms with E-state index in [1.807, 2.05) is 0 Å². The summed E-state index contributed by atoms with van der Waals surface area (Å²) in [5.41, 5.74) is -0.528. The third kappa shape index (κ3) is 6.29. The van der Waals surface area contributed by atoms with Crippen molar-refractivity contribution in [1.29, 1.82) is 0 Å². The molecular formula is C26H34FN5O6. The van der Waals surface area contributed by atoms with E-state index in [0.717, 1.165) is 0 Å². The first-order valence-corrected chi connectivity index (χ1v) is 12.3. The molecule has 1 fully saturated rings. The standard InChI is InChI=1S/C26H34FN5O6/c1-15-29-21(23(34)28-13-17-8-11-19(27)20(12-17)38-5)22(33)24(35)32(15)14-16-6-9-18(10-7-16)31(4)26(37)25(36)30(2)3/h8,11-12,16,18,33H,6-7,9-10,13-14H2,1-5H3,(H,28,34). The molecule has 206 valence electrons. The van der Waals surface area contributed by atoms with Crippen molar-refractivity contribution in [3.8, 4) is 11.5 Å². The summed E-state index contributed by atoms with van der Waals surface area (Å²) in [6.07, 6.45) is 2.79. The van der Waals surface area contributed by atoms with Gasteiger partial charge in [0, 0.05) is 40.3 Å². The first kappa shape index (κ1) is 28.6. The molecule has 1 aliphatic carbocycles. The second-order valence-electron chi connectivity index (χ2n) is 9.71. The number of aryl methyl sites for hydroxylation is 1. The van der Waals surface area contributed by atoms with Crippen molar-refractivity contribution >= 4 is 17.7 Å². The van der Waals surface area contributed by atoms with Crippen molar-refractivity contribution in [3.05, 3.63) is 51.5 Å². The Morgan fingerprint density at radius 1 is 1.16 bits per heavy atom. The molecule has 0 atom stereocenters. The Bertz CT molecular complexity index is 1270. The van der Waals surface area contributed by atoms with E-state index in [4.69, 9.17) is 4.74 Å². The predicted molar refractivity (Wildman–Crippen MR) is 136 cm³/mol. The van der Waals surface area contributed by atoms with Crippen LogP contribution in [0.15, 0.2) is 23.0 Å². The lowest BCUT2D eigenvalue weighted by molar-refractivity contribution is -0.151. The Morgan fingerprint density at radius 3 is 2.42 bits per heavy atom. The summed E-state index contributed by atoms with van der Waals surface area (Å²) in [7, 11) is 6.03. The number of rotatable bonds is 7. The average molecular weight is 532 g/mol. The molecule has 1 aromatic heterocycles. The summed E-state index contributed by atoms with van der Waals surface area (Å²) < 4.78 is 19.9. The lowest BCUT2D eigenvalue weighted by Gasteiger charge is -2.35. The van der Waals surface area contributed by atoms with Crippen molar-refractivity contribution in [2.75, 3.05) is 28.3 Å². The van der Waals surface area contributed by atoms with Gasteiger partial charge in [0.2, 0.25) is 5.75 Å². The van der Waals surface area contributed by atoms with Gasteiger partial charge in [-0.1, -0.05) is 6.07 Å². The second kappa shape index (κ2) is 12.1. The van der Waals surface area contributed by atoms with E-state index in [1.165, 1.54) is 53.8 Å². The van der Waals surface area contributed by atoms with Crippen LogP contribution in [0.5, 0.6) is 11.5 Å². The lowest BCUT2D eigenvalue weighted by Crippen LogP contribution is -2.46. The van der Waals surface area contributed by atoms with Crippen LogP contribution in [0.1, 0.15) is 47.6 Å². The van der Waals surface area contributed by atoms with Crippen LogP contribution in [0.2, 0.25) is 0 Å². The minimum absolute atomic E-state index is 0.0130. The number of ether oxygens (including phenoxy) is 1. The summed E-state index contributed by atoms with van der Waals surface area (Å²) in [4.78, 5) is 56.8. The molecule has 38 heavy (non-hydrogen) atoms. The van der Waals surface area contributed by atoms with Gasteiger partial charge in [0.05, 0.1) is 7.11 Å². The van der Waals surface area contributed by atoms with Gasteiger partial charge in [-0.3, -0.25) is 23.7 Å². The van der Waals surface area contributed by atoms with E-state index in [0.29, 0.717) is 37.8 Å². The van der Waals surface area contributed by atoms with Gasteiger partial charge in [-0.2, -0.15) is 0 Å². The van der Waals surface area contributed by atoms with Crippen molar-refractivity contribution in [3.63, 3.8) is 0 Å². The molecule has 0 spiro atoms. The fourth-order valence-corrected chi connectivity index (χ4v) is 4.59. The Hall–Kier alpha value is -3.96. The zero-order valence-corrected chi connectivity index (χ0v) is 22.3. The van der Waals surface area contributed by atoms with Crippen molar-refractivity contribution < 1.29 is 28.6 Å². The maximum atomic E-state index is 13.6. The number of likely N-dealkylation sites (N-methyl/N-ethyl adjacent to an activating group) is 2. The molecule has 1 heterocycles. The van der Waals surface area contributed by atoms with Crippen molar-refractivity contribution in [2.24, 2.45) is 5.92 Å². The number of benzene rings is 1. The molecule has 0 aliphatic heterocycles. The smallest absolute Gasteiger partial charge is 0.312 e. The number of hydrogen-bond donors (Lipinski definition) is 2. The summed E-state index contributed by atoms with van der Waals surface area (Å²) in [5, 5.41) is 13.1. The van der Waals surface area contributed by atoms with Crippen LogP contribution in [0.4, 0.5) is 4.39 Å². The Balaban J connectivity index is 1.64. The molecule has 1 saturated carbocycles. The first-order chi connectivity index (χ1) is 17.9. The number of hydrogen-bond acceptors (Lipinski definition) is 7. The number of nitrogens with zero attached hydrogens (tertiary/aromatic N) is 4. The Kier molecular flexibility index (Phi) is 9.08. The summed E-state index contributed by atoms with van der Waals surface area (Å²) in [5.74, 6) is -2.71. The van der Waals surface area contributed by atoms with Gasteiger partial charge in [0.1, 0.15) is 5.82 Å². The van der Waals surface area contributed by atoms with Crippen LogP contribution in [-0.2, 0) is 22.7 Å². The normalized spacial score (nSPS) is 17.0. The van der Waals surface area contributed by atoms with Gasteiger partial charge in [-0.15, -0.1) is 0 Å². The highest BCUT2D eigenvalue weighted by atomic mass is 19.1. The van der Waals surface area contributed by atoms with Crippen molar-refractivity contribution in [1.82, 2.24) is 24.7 Å². The number of carbonyl (C=O) groups excluding carboxylic acids is 3. The highest BCUT2D eigenvalue weighted by Crippen LogP contribution is 2.29. The van der Waals surface area contributed by atoms with E-state index in [2.05, 4.69) is 10.3 Å². The van der Waals surface area contributed by atoms with Gasteiger partial charge in [-0.05, 0) is 56.2 Å². The summed E-state index contributed by atoms with van der Waals surface area (Å²) in [6, 6.07) is 4.07. The topological polar surface area (TPSA) is 134 Å². The molecule has 2 aromatic rings. The Labute approximate surface area is 220 Å². The van der Waals surface area contributed by atoms with Crippen molar-refractivity contribution in [2.45, 2.75) is 51.7 Å². The van der Waals surface area contributed by atoms with Crippen LogP contribution < -0.4 is 15.6 Å². The van der Waals surface area contributed by atoms with Crippen LogP contribution in [0.3, 0.4) is 0 Å². The molecule has 0 unspecified atom stereocenters. The average Bonchev–Trinajstić information content (AvgIpc) is 2.91. The molecule has 3 rings (SSSR count). The van der Waals surface area contributed by atoms with E-state index >= 15 is 0 Å². The monoisotopic (exact) mass is 531 g/mol. The van der Waals surface area contributed by atoms with Gasteiger partial charge in [-0.25, -0.2) is 9.37 Å². The maximum absolute atomic E-state index is 13.6. The molecule has 11 nitrogen and oxygen atoms in total. The lowest BCUT2D eigenvalue weighted by atomic mass is 9.85. The number of aromatic hydroxyl groups is 1. The van der Waals surface area contributed by atoms with Gasteiger partial charge < -0.3 is 25.0 Å². The largest absolute Gasteiger partial charge is 0.501 e. The van der Waals surface area contributed by atoms with E-state index in [-0.39, 0.29) is 35.8 Å². The maximum Gasteiger partial charge on any atom is 0.312 e. The molecule has 1 aliphatic rings. The zero-order valence-electron chi connectivity index (χ0n) is 22.3. The molecule has 0 radical (unpaired) electrons. The molecular weight excluding hydrogens is 497 g/mol. The molecule has 0 bridgehead atoms. The number of halogens is 1. The van der Waals surface area contributed by atoms with E-state index in [9.17, 15) is 28.7 Å². The third-order valence-electron chi connectivity index (χ3n) is 6.93. The minimum atomic E-state index is -0.744. The van der Waals surface area contributed by atoms with Crippen LogP contribution in [-0.4, -0.2) is 76.5 Å². The van der Waals surface area contributed by atoms with Crippen LogP contribution in [0, 0.1) is 18.7 Å². The van der Waals surface area contributed by atoms with E-state index in [1.54, 1.807) is 14.0 Å². The highest BCUT2D eigenvalue weighted by molar-refractivity contribution is 6.34. The number of aromatic nitrogens is 2. The number of amides is 3. The number of methoxy groups -OCH3 is 1. The number of nitrogens with one attached hydrogen (secondary N) is 1. The quantitative estimate of drug-likeness (QED) is 0.517. The fourth-order valence-electron chi connectivity index (χ4n) is 4.59. The first-order valence-electron chi connectivity index (χ1n) is 12.3. The molecule has 3 amide bonds. The SMILES string of the molecule is COc1cc(CNC(=O)c2nc(C)n(CC3CCC(N(C)C(=O)C(=O)N(C)C)CC3)c(=O)c2O)ccc1F. The molecule has 2 N–H and O–H groups in total. The number of carbonyl (C=O) groups is 3. The summed E-state index contributed by atoms with van der Waals surface area (Å²) in [6.45, 7) is 1.91. The predicted octanol–water partition coefficient (Wildman–Crippen LogP) is 1.44. The van der Waals surface area contributed by atoms with Gasteiger partial charge in [0.25, 0.3) is 11.5 Å². The van der Waals surface area contributed by atoms with Gasteiger partial charge >= 0.3 is 11.8 Å². The molecule has 0 saturated heterocycles. The molecule has 1 aromatic carbocycles. The minimum Gasteiger partial charge on any atom is -0.501 e. The van der Waals surface area contributed by atoms with Crippen LogP contribution in [0.25, 0.3) is 0 Å².